The summed E-state index contributed by atoms with van der Waals surface area (Å²) in [6, 6.07) is 1.17. The highest BCUT2D eigenvalue weighted by Gasteiger charge is 2.27. The largest absolute Gasteiger partial charge is 0.478 e. The highest BCUT2D eigenvalue weighted by molar-refractivity contribution is 7.91. The zero-order valence-corrected chi connectivity index (χ0v) is 12.0. The Morgan fingerprint density at radius 2 is 2.37 bits per heavy atom. The van der Waals surface area contributed by atoms with Crippen LogP contribution < -0.4 is 4.72 Å². The van der Waals surface area contributed by atoms with Crippen molar-refractivity contribution in [1.29, 1.82) is 0 Å². The molecule has 2 heterocycles. The summed E-state index contributed by atoms with van der Waals surface area (Å²) >= 11 is 0.906. The molecule has 8 heteroatoms. The fraction of sp³-hybridized carbons (Fsp3) is 0.545. The summed E-state index contributed by atoms with van der Waals surface area (Å²) in [7, 11) is -3.63. The summed E-state index contributed by atoms with van der Waals surface area (Å²) in [5.74, 6) is -0.968. The molecule has 2 unspecified atom stereocenters. The van der Waals surface area contributed by atoms with E-state index in [0.29, 0.717) is 13.2 Å². The van der Waals surface area contributed by atoms with Gasteiger partial charge in [-0.25, -0.2) is 17.9 Å². The number of ether oxygens (including phenoxy) is 1. The maximum absolute atomic E-state index is 12.0. The smallest absolute Gasteiger partial charge is 0.336 e. The van der Waals surface area contributed by atoms with Crippen molar-refractivity contribution in [3.05, 3.63) is 17.0 Å². The molecule has 0 spiro atoms. The molecule has 1 aliphatic heterocycles. The Labute approximate surface area is 115 Å². The van der Waals surface area contributed by atoms with Gasteiger partial charge in [-0.15, -0.1) is 11.3 Å². The third kappa shape index (κ3) is 3.33. The fourth-order valence-electron chi connectivity index (χ4n) is 1.90. The minimum Gasteiger partial charge on any atom is -0.478 e. The molecule has 1 aromatic heterocycles. The second kappa shape index (κ2) is 5.58. The summed E-state index contributed by atoms with van der Waals surface area (Å²) in [5, 5.41) is 10.1. The van der Waals surface area contributed by atoms with Crippen molar-refractivity contribution < 1.29 is 23.1 Å². The van der Waals surface area contributed by atoms with E-state index < -0.39 is 16.0 Å². The molecule has 106 valence electrons. The van der Waals surface area contributed by atoms with Gasteiger partial charge in [-0.05, 0) is 19.4 Å². The van der Waals surface area contributed by atoms with Gasteiger partial charge in [-0.1, -0.05) is 0 Å². The maximum Gasteiger partial charge on any atom is 0.336 e. The molecule has 2 atom stereocenters. The van der Waals surface area contributed by atoms with Crippen LogP contribution in [0.2, 0.25) is 0 Å². The molecule has 1 aromatic rings. The number of aromatic carboxylic acids is 1. The standard InChI is InChI=1S/C11H15NO5S2/c1-7-8(2-3-17-7)5-12-19(15,16)10-4-9(6-18-10)11(13)14/h4,6-8,12H,2-3,5H2,1H3,(H,13,14). The minimum atomic E-state index is -3.63. The van der Waals surface area contributed by atoms with E-state index in [1.807, 2.05) is 6.92 Å². The summed E-state index contributed by atoms with van der Waals surface area (Å²) in [5.41, 5.74) is -0.0112. The first-order valence-electron chi connectivity index (χ1n) is 5.83. The molecule has 0 aromatic carbocycles. The first-order chi connectivity index (χ1) is 8.90. The van der Waals surface area contributed by atoms with E-state index >= 15 is 0 Å². The van der Waals surface area contributed by atoms with Crippen molar-refractivity contribution in [2.75, 3.05) is 13.2 Å². The molecule has 0 amide bonds. The van der Waals surface area contributed by atoms with Crippen molar-refractivity contribution in [2.24, 2.45) is 5.92 Å². The van der Waals surface area contributed by atoms with E-state index in [4.69, 9.17) is 9.84 Å². The van der Waals surface area contributed by atoms with Gasteiger partial charge in [0.1, 0.15) is 4.21 Å². The molecule has 2 N–H and O–H groups in total. The lowest BCUT2D eigenvalue weighted by Crippen LogP contribution is -2.31. The topological polar surface area (TPSA) is 92.7 Å². The Bertz CT molecular complexity index is 565. The molecule has 0 aliphatic carbocycles. The Morgan fingerprint density at radius 1 is 1.63 bits per heavy atom. The van der Waals surface area contributed by atoms with Gasteiger partial charge in [0.15, 0.2) is 0 Å². The van der Waals surface area contributed by atoms with Crippen LogP contribution in [0.15, 0.2) is 15.7 Å². The lowest BCUT2D eigenvalue weighted by atomic mass is 10.0. The minimum absolute atomic E-state index is 0.0112. The predicted octanol–water partition coefficient (Wildman–Crippen LogP) is 1.15. The number of carboxylic acids is 1. The quantitative estimate of drug-likeness (QED) is 0.851. The average molecular weight is 305 g/mol. The molecule has 1 saturated heterocycles. The monoisotopic (exact) mass is 305 g/mol. The zero-order valence-electron chi connectivity index (χ0n) is 10.3. The Hall–Kier alpha value is -0.960. The molecule has 0 saturated carbocycles. The SMILES string of the molecule is CC1OCCC1CNS(=O)(=O)c1cc(C(=O)O)cs1. The fourth-order valence-corrected chi connectivity index (χ4v) is 4.19. The molecule has 0 bridgehead atoms. The van der Waals surface area contributed by atoms with Gasteiger partial charge in [0.2, 0.25) is 10.0 Å². The third-order valence-corrected chi connectivity index (χ3v) is 6.02. The van der Waals surface area contributed by atoms with E-state index in [2.05, 4.69) is 4.72 Å². The molecular weight excluding hydrogens is 290 g/mol. The van der Waals surface area contributed by atoms with Gasteiger partial charge < -0.3 is 9.84 Å². The third-order valence-electron chi connectivity index (χ3n) is 3.16. The number of hydrogen-bond donors (Lipinski definition) is 2. The Balaban J connectivity index is 2.03. The molecule has 6 nitrogen and oxygen atoms in total. The van der Waals surface area contributed by atoms with Crippen LogP contribution in [0.5, 0.6) is 0 Å². The van der Waals surface area contributed by atoms with Crippen molar-refractivity contribution >= 4 is 27.3 Å². The van der Waals surface area contributed by atoms with Crippen LogP contribution in [-0.2, 0) is 14.8 Å². The summed E-state index contributed by atoms with van der Waals surface area (Å²) < 4.78 is 31.9. The lowest BCUT2D eigenvalue weighted by molar-refractivity contribution is 0.0697. The van der Waals surface area contributed by atoms with Crippen LogP contribution >= 0.6 is 11.3 Å². The zero-order chi connectivity index (χ0) is 14.0. The number of hydrogen-bond acceptors (Lipinski definition) is 5. The number of rotatable bonds is 5. The molecule has 0 radical (unpaired) electrons. The normalized spacial score (nSPS) is 23.6. The van der Waals surface area contributed by atoms with Crippen LogP contribution in [0.4, 0.5) is 0 Å². The lowest BCUT2D eigenvalue weighted by Gasteiger charge is -2.14. The van der Waals surface area contributed by atoms with E-state index in [0.717, 1.165) is 17.8 Å². The number of thiophene rings is 1. The van der Waals surface area contributed by atoms with E-state index in [1.54, 1.807) is 0 Å². The maximum atomic E-state index is 12.0. The molecular formula is C11H15NO5S2. The Kier molecular flexibility index (Phi) is 4.24. The highest BCUT2D eigenvalue weighted by Crippen LogP contribution is 2.22. The highest BCUT2D eigenvalue weighted by atomic mass is 32.2. The summed E-state index contributed by atoms with van der Waals surface area (Å²) in [6.45, 7) is 2.87. The van der Waals surface area contributed by atoms with Gasteiger partial charge in [0.25, 0.3) is 0 Å². The first-order valence-corrected chi connectivity index (χ1v) is 8.19. The van der Waals surface area contributed by atoms with Crippen LogP contribution in [0.25, 0.3) is 0 Å². The van der Waals surface area contributed by atoms with E-state index in [9.17, 15) is 13.2 Å². The van der Waals surface area contributed by atoms with E-state index in [-0.39, 0.29) is 21.8 Å². The number of carbonyl (C=O) groups is 1. The van der Waals surface area contributed by atoms with E-state index in [1.165, 1.54) is 11.4 Å². The van der Waals surface area contributed by atoms with Gasteiger partial charge in [-0.2, -0.15) is 0 Å². The molecule has 1 fully saturated rings. The van der Waals surface area contributed by atoms with Crippen LogP contribution in [-0.4, -0.2) is 38.7 Å². The predicted molar refractivity (Wildman–Crippen MR) is 70.0 cm³/mol. The van der Waals surface area contributed by atoms with Gasteiger partial charge >= 0.3 is 5.97 Å². The van der Waals surface area contributed by atoms with Crippen molar-refractivity contribution in [3.8, 4) is 0 Å². The van der Waals surface area contributed by atoms with Crippen molar-refractivity contribution in [3.63, 3.8) is 0 Å². The van der Waals surface area contributed by atoms with Crippen LogP contribution in [0.3, 0.4) is 0 Å². The van der Waals surface area contributed by atoms with Gasteiger partial charge in [0.05, 0.1) is 11.7 Å². The summed E-state index contributed by atoms with van der Waals surface area (Å²) in [6.07, 6.45) is 0.870. The summed E-state index contributed by atoms with van der Waals surface area (Å²) in [4.78, 5) is 10.7. The first kappa shape index (κ1) is 14.4. The molecule has 2 rings (SSSR count). The average Bonchev–Trinajstić information content (AvgIpc) is 2.95. The number of nitrogens with one attached hydrogen (secondary N) is 1. The number of carboxylic acid groups (broad SMARTS) is 1. The molecule has 19 heavy (non-hydrogen) atoms. The van der Waals surface area contributed by atoms with Gasteiger partial charge in [0, 0.05) is 24.4 Å². The van der Waals surface area contributed by atoms with Crippen molar-refractivity contribution in [2.45, 2.75) is 23.7 Å². The van der Waals surface area contributed by atoms with Gasteiger partial charge in [-0.3, -0.25) is 0 Å². The number of sulfonamides is 1. The second-order valence-corrected chi connectivity index (χ2v) is 7.34. The van der Waals surface area contributed by atoms with Crippen LogP contribution in [0.1, 0.15) is 23.7 Å². The molecule has 1 aliphatic rings. The van der Waals surface area contributed by atoms with Crippen LogP contribution in [0, 0.1) is 5.92 Å². The van der Waals surface area contributed by atoms with Crippen molar-refractivity contribution in [1.82, 2.24) is 4.72 Å². The second-order valence-electron chi connectivity index (χ2n) is 4.44. The Morgan fingerprint density at radius 3 is 2.89 bits per heavy atom.